The first-order chi connectivity index (χ1) is 10.1. The van der Waals surface area contributed by atoms with E-state index in [-0.39, 0.29) is 65.5 Å². The van der Waals surface area contributed by atoms with E-state index >= 15 is 0 Å². The monoisotopic (exact) mass is 572 g/mol. The zero-order valence-electron chi connectivity index (χ0n) is 16.1. The van der Waals surface area contributed by atoms with Gasteiger partial charge in [0.1, 0.15) is 0 Å². The topological polar surface area (TPSA) is 74.2 Å². The van der Waals surface area contributed by atoms with Crippen LogP contribution in [0.1, 0.15) is 59.4 Å². The summed E-state index contributed by atoms with van der Waals surface area (Å²) in [5, 5.41) is 9.00. The third kappa shape index (κ3) is 35.0. The van der Waals surface area contributed by atoms with Gasteiger partial charge in [-0.3, -0.25) is 0 Å². The number of hydrogen-bond acceptors (Lipinski definition) is 5. The van der Waals surface area contributed by atoms with E-state index in [1.54, 1.807) is 6.55 Å². The molecule has 1 atom stereocenters. The van der Waals surface area contributed by atoms with Crippen LogP contribution in [0.25, 0.3) is 0 Å². The number of carboxylic acids is 1. The van der Waals surface area contributed by atoms with Crippen molar-refractivity contribution in [2.75, 3.05) is 7.11 Å². The normalized spacial score (nSPS) is 11.4. The Morgan fingerprint density at radius 2 is 1.13 bits per heavy atom. The third-order valence-electron chi connectivity index (χ3n) is 2.41. The van der Waals surface area contributed by atoms with Crippen molar-refractivity contribution in [3.05, 3.63) is 13.2 Å². The summed E-state index contributed by atoms with van der Waals surface area (Å²) in [4.78, 5) is 11.0. The second-order valence-electron chi connectivity index (χ2n) is 7.13. The average molecular weight is 572 g/mol. The van der Waals surface area contributed by atoms with E-state index < -0.39 is 45.3 Å². The predicted molar refractivity (Wildman–Crippen MR) is 158 cm³/mol. The summed E-state index contributed by atoms with van der Waals surface area (Å²) in [7, 11) is -5.43. The number of carboxylic acid groups (broad SMARTS) is 1. The molecule has 202 valence electrons. The van der Waals surface area contributed by atoms with Crippen LogP contribution in [0.4, 0.5) is 0 Å². The molecule has 1 unspecified atom stereocenters. The van der Waals surface area contributed by atoms with Crippen molar-refractivity contribution in [3.63, 3.8) is 0 Å². The Labute approximate surface area is 206 Å². The van der Waals surface area contributed by atoms with Crippen LogP contribution in [-0.4, -0.2) is 57.6 Å². The Morgan fingerprint density at radius 1 is 0.806 bits per heavy atom. The van der Waals surface area contributed by atoms with E-state index in [1.165, 1.54) is 7.11 Å². The summed E-state index contributed by atoms with van der Waals surface area (Å²) in [6.45, 7) is 18.0. The molecule has 0 saturated heterocycles. The van der Waals surface area contributed by atoms with Gasteiger partial charge in [0.05, 0.1) is 0 Å². The van der Waals surface area contributed by atoms with Gasteiger partial charge in [0.2, 0.25) is 0 Å². The van der Waals surface area contributed by atoms with Gasteiger partial charge in [-0.1, -0.05) is 59.4 Å². The van der Waals surface area contributed by atoms with Crippen molar-refractivity contribution in [3.8, 4) is 0 Å². The van der Waals surface area contributed by atoms with E-state index in [9.17, 15) is 4.79 Å². The van der Waals surface area contributed by atoms with Gasteiger partial charge in [0, 0.05) is 0 Å². The minimum atomic E-state index is -2.85. The van der Waals surface area contributed by atoms with Crippen molar-refractivity contribution < 1.29 is 25.3 Å². The fraction of sp³-hybridized carbons (Fsp3) is 0.857. The molecule has 0 aliphatic rings. The van der Waals surface area contributed by atoms with E-state index in [4.69, 9.17) is 20.6 Å². The Balaban J connectivity index is -0.0000000534. The molecule has 0 rings (SSSR count). The quantitative estimate of drug-likeness (QED) is 0.220. The van der Waals surface area contributed by atoms with Crippen LogP contribution in [0, 0.1) is 0 Å². The Bertz CT molecular complexity index is 392. The van der Waals surface area contributed by atoms with E-state index in [0.717, 1.165) is 0 Å². The van der Waals surface area contributed by atoms with Crippen LogP contribution in [0.3, 0.4) is 0 Å². The first-order valence-electron chi connectivity index (χ1n) is 7.47. The zero-order chi connectivity index (χ0) is 19.1. The SMILES string of the molecule is C.C.C.C.C.C.C.C.C=C.CO[Si](C)(CC(=O)O)O[Si](C)(C)[O][Ge]([CH3])([CH3])[O][Si](C)(C)C. The summed E-state index contributed by atoms with van der Waals surface area (Å²) in [6, 6.07) is -0.0917. The summed E-state index contributed by atoms with van der Waals surface area (Å²) >= 11 is -2.85. The standard InChI is InChI=1S/C11H30GeO6Si3.C2H4.8CH4/c1-12(2,16-19(4,5)6)17-20(7,8)18-21(9,15-3)10-11(13)14;1-2;;;;;;;;/h10H2,1-9H3,(H,13,14);1-2H2;8*1H4. The Kier molecular flexibility index (Phi) is 50.8. The molecule has 0 aromatic rings. The first kappa shape index (κ1) is 63.3. The van der Waals surface area contributed by atoms with Gasteiger partial charge in [0.25, 0.3) is 0 Å². The molecule has 0 radical (unpaired) electrons. The molecule has 0 aromatic carbocycles. The first-order valence-corrected chi connectivity index (χ1v) is 22.1. The van der Waals surface area contributed by atoms with E-state index in [1.807, 2.05) is 13.1 Å². The molecule has 10 heteroatoms. The van der Waals surface area contributed by atoms with Gasteiger partial charge in [-0.2, -0.15) is 0 Å². The molecule has 0 amide bonds. The van der Waals surface area contributed by atoms with E-state index in [2.05, 4.69) is 44.3 Å². The summed E-state index contributed by atoms with van der Waals surface area (Å²) in [6.07, 6.45) is 0. The fourth-order valence-corrected chi connectivity index (χ4v) is 29.1. The Hall–Kier alpha value is 0.244. The van der Waals surface area contributed by atoms with Crippen LogP contribution in [-0.2, 0) is 20.2 Å². The summed E-state index contributed by atoms with van der Waals surface area (Å²) < 4.78 is 23.9. The number of carbonyl (C=O) groups is 1. The molecule has 0 spiro atoms. The molecule has 0 heterocycles. The summed E-state index contributed by atoms with van der Waals surface area (Å²) in [5.41, 5.74) is 0. The van der Waals surface area contributed by atoms with Crippen LogP contribution < -0.4 is 0 Å². The van der Waals surface area contributed by atoms with Gasteiger partial charge >= 0.3 is 135 Å². The van der Waals surface area contributed by atoms with Crippen LogP contribution in [0.5, 0.6) is 0 Å². The second-order valence-corrected chi connectivity index (χ2v) is 26.8. The maximum atomic E-state index is 11.0. The molecule has 0 aromatic heterocycles. The molecule has 31 heavy (non-hydrogen) atoms. The second kappa shape index (κ2) is 24.9. The molecule has 1 N–H and O–H groups in total. The predicted octanol–water partition coefficient (Wildman–Crippen LogP) is 8.97. The summed E-state index contributed by atoms with van der Waals surface area (Å²) in [5.74, 6) is 3.20. The van der Waals surface area contributed by atoms with Crippen molar-refractivity contribution in [1.29, 1.82) is 0 Å². The number of rotatable bonds is 9. The van der Waals surface area contributed by atoms with Crippen LogP contribution >= 0.6 is 0 Å². The maximum absolute atomic E-state index is 11.0. The molecule has 0 fully saturated rings. The van der Waals surface area contributed by atoms with Gasteiger partial charge in [-0.25, -0.2) is 0 Å². The molecule has 6 nitrogen and oxygen atoms in total. The molecular weight excluding hydrogens is 505 g/mol. The molecule has 0 aliphatic carbocycles. The van der Waals surface area contributed by atoms with Crippen LogP contribution in [0.2, 0.25) is 56.8 Å². The van der Waals surface area contributed by atoms with Crippen molar-refractivity contribution in [2.24, 2.45) is 0 Å². The third-order valence-corrected chi connectivity index (χ3v) is 23.1. The van der Waals surface area contributed by atoms with E-state index in [0.29, 0.717) is 0 Å². The van der Waals surface area contributed by atoms with Gasteiger partial charge in [0.15, 0.2) is 0 Å². The molecule has 0 aliphatic heterocycles. The minimum absolute atomic E-state index is 0. The van der Waals surface area contributed by atoms with Gasteiger partial charge in [-0.15, -0.1) is 13.2 Å². The number of hydrogen-bond donors (Lipinski definition) is 1. The van der Waals surface area contributed by atoms with Crippen molar-refractivity contribution in [2.45, 2.75) is 116 Å². The van der Waals surface area contributed by atoms with Gasteiger partial charge < -0.3 is 0 Å². The van der Waals surface area contributed by atoms with Crippen molar-refractivity contribution >= 4 is 45.3 Å². The molecular formula is C21H66GeO6Si3. The Morgan fingerprint density at radius 3 is 1.35 bits per heavy atom. The van der Waals surface area contributed by atoms with Crippen molar-refractivity contribution in [1.82, 2.24) is 0 Å². The fourth-order valence-electron chi connectivity index (χ4n) is 2.32. The average Bonchev–Trinajstić information content (AvgIpc) is 2.24. The van der Waals surface area contributed by atoms with Gasteiger partial charge in [-0.05, 0) is 0 Å². The molecule has 0 bridgehead atoms. The number of aliphatic carboxylic acids is 1. The van der Waals surface area contributed by atoms with Crippen LogP contribution in [0.15, 0.2) is 13.2 Å². The zero-order valence-corrected chi connectivity index (χ0v) is 21.2. The molecule has 0 saturated carbocycles.